The normalized spacial score (nSPS) is 12.6. The van der Waals surface area contributed by atoms with E-state index in [0.29, 0.717) is 33.5 Å². The van der Waals surface area contributed by atoms with Crippen LogP contribution in [0.4, 0.5) is 5.69 Å². The summed E-state index contributed by atoms with van der Waals surface area (Å²) in [6.45, 7) is 4.77. The van der Waals surface area contributed by atoms with Crippen LogP contribution < -0.4 is 19.5 Å². The van der Waals surface area contributed by atoms with Gasteiger partial charge in [0, 0.05) is 16.7 Å². The Morgan fingerprint density at radius 1 is 1.12 bits per heavy atom. The van der Waals surface area contributed by atoms with Crippen LogP contribution in [0.5, 0.6) is 17.2 Å². The second-order valence-electron chi connectivity index (χ2n) is 6.33. The van der Waals surface area contributed by atoms with Crippen LogP contribution in [0.3, 0.4) is 0 Å². The lowest BCUT2D eigenvalue weighted by atomic mass is 10.1. The summed E-state index contributed by atoms with van der Waals surface area (Å²) in [4.78, 5) is 24.7. The van der Waals surface area contributed by atoms with Gasteiger partial charge in [-0.1, -0.05) is 11.6 Å². The second-order valence-corrected chi connectivity index (χ2v) is 6.76. The molecule has 2 aromatic rings. The van der Waals surface area contributed by atoms with Gasteiger partial charge in [-0.2, -0.15) is 0 Å². The molecule has 26 heavy (non-hydrogen) atoms. The third-order valence-corrected chi connectivity index (χ3v) is 4.13. The number of nitrogens with one attached hydrogen (secondary N) is 1. The molecule has 0 unspecified atom stereocenters. The fraction of sp³-hybridized carbons (Fsp3) is 0.263. The van der Waals surface area contributed by atoms with Crippen molar-refractivity contribution < 1.29 is 23.8 Å². The van der Waals surface area contributed by atoms with Crippen LogP contribution in [0.2, 0.25) is 5.02 Å². The average Bonchev–Trinajstić information content (AvgIpc) is 3.03. The van der Waals surface area contributed by atoms with Crippen molar-refractivity contribution in [1.29, 1.82) is 0 Å². The lowest BCUT2D eigenvalue weighted by molar-refractivity contribution is -0.128. The van der Waals surface area contributed by atoms with E-state index in [1.165, 1.54) is 6.92 Å². The van der Waals surface area contributed by atoms with Crippen molar-refractivity contribution in [2.24, 2.45) is 0 Å². The number of fused-ring (bicyclic) bond motifs is 1. The minimum Gasteiger partial charge on any atom is -0.478 e. The monoisotopic (exact) mass is 375 g/mol. The summed E-state index contributed by atoms with van der Waals surface area (Å²) < 4.78 is 16.4. The number of hydrogen-bond acceptors (Lipinski definition) is 5. The van der Waals surface area contributed by atoms with E-state index < -0.39 is 11.5 Å². The first-order chi connectivity index (χ1) is 12.3. The van der Waals surface area contributed by atoms with Gasteiger partial charge in [0.05, 0.1) is 5.69 Å². The summed E-state index contributed by atoms with van der Waals surface area (Å²) in [6, 6.07) is 9.85. The third kappa shape index (κ3) is 3.75. The second kappa shape index (κ2) is 6.88. The summed E-state index contributed by atoms with van der Waals surface area (Å²) in [5.74, 6) is 0.850. The van der Waals surface area contributed by atoms with Crippen LogP contribution in [0.25, 0.3) is 0 Å². The van der Waals surface area contributed by atoms with Gasteiger partial charge in [-0.25, -0.2) is 0 Å². The number of carbonyl (C=O) groups is 2. The van der Waals surface area contributed by atoms with Crippen LogP contribution in [0, 0.1) is 0 Å². The quantitative estimate of drug-likeness (QED) is 0.797. The van der Waals surface area contributed by atoms with Gasteiger partial charge >= 0.3 is 0 Å². The van der Waals surface area contributed by atoms with E-state index >= 15 is 0 Å². The highest BCUT2D eigenvalue weighted by Gasteiger charge is 2.31. The Bertz CT molecular complexity index is 861. The summed E-state index contributed by atoms with van der Waals surface area (Å²) in [6.07, 6.45) is 0. The van der Waals surface area contributed by atoms with Crippen molar-refractivity contribution >= 4 is 29.0 Å². The maximum Gasteiger partial charge on any atom is 0.267 e. The molecule has 1 aliphatic rings. The molecule has 0 fully saturated rings. The minimum atomic E-state index is -1.18. The molecule has 3 rings (SSSR count). The third-order valence-electron chi connectivity index (χ3n) is 3.87. The minimum absolute atomic E-state index is 0.0786. The highest BCUT2D eigenvalue weighted by atomic mass is 35.5. The van der Waals surface area contributed by atoms with Crippen molar-refractivity contribution in [3.63, 3.8) is 0 Å². The maximum absolute atomic E-state index is 12.7. The molecule has 6 nitrogen and oxygen atoms in total. The summed E-state index contributed by atoms with van der Waals surface area (Å²) in [5.41, 5.74) is -0.498. The van der Waals surface area contributed by atoms with Gasteiger partial charge in [-0.05, 0) is 51.1 Å². The Labute approximate surface area is 156 Å². The number of halogens is 1. The van der Waals surface area contributed by atoms with Crippen molar-refractivity contribution in [1.82, 2.24) is 0 Å². The van der Waals surface area contributed by atoms with Crippen LogP contribution in [0.15, 0.2) is 36.4 Å². The highest BCUT2D eigenvalue weighted by Crippen LogP contribution is 2.37. The molecule has 1 amide bonds. The van der Waals surface area contributed by atoms with E-state index in [4.69, 9.17) is 25.8 Å². The molecule has 1 N–H and O–H groups in total. The van der Waals surface area contributed by atoms with Gasteiger partial charge in [0.25, 0.3) is 5.91 Å². The maximum atomic E-state index is 12.7. The number of benzene rings is 2. The number of anilines is 1. The molecule has 136 valence electrons. The highest BCUT2D eigenvalue weighted by molar-refractivity contribution is 6.30. The van der Waals surface area contributed by atoms with Crippen molar-refractivity contribution in [3.05, 3.63) is 47.0 Å². The smallest absolute Gasteiger partial charge is 0.267 e. The predicted molar refractivity (Wildman–Crippen MR) is 97.4 cm³/mol. The molecule has 0 bridgehead atoms. The van der Waals surface area contributed by atoms with Gasteiger partial charge in [-0.3, -0.25) is 9.59 Å². The van der Waals surface area contributed by atoms with Gasteiger partial charge in [0.15, 0.2) is 22.9 Å². The SMILES string of the molecule is CC(=O)c1cc2c(cc1NC(=O)C(C)(C)Oc1ccc(Cl)cc1)OCO2. The number of ketones is 1. The number of hydrogen-bond donors (Lipinski definition) is 1. The molecular formula is C19H18ClNO5. The van der Waals surface area contributed by atoms with Crippen LogP contribution in [-0.4, -0.2) is 24.1 Å². The van der Waals surface area contributed by atoms with Crippen LogP contribution in [0.1, 0.15) is 31.1 Å². The first-order valence-electron chi connectivity index (χ1n) is 7.97. The molecule has 0 aromatic heterocycles. The lowest BCUT2D eigenvalue weighted by Crippen LogP contribution is -2.42. The summed E-state index contributed by atoms with van der Waals surface area (Å²) in [5, 5.41) is 3.32. The Morgan fingerprint density at radius 2 is 1.73 bits per heavy atom. The lowest BCUT2D eigenvalue weighted by Gasteiger charge is -2.26. The van der Waals surface area contributed by atoms with Gasteiger partial charge < -0.3 is 19.5 Å². The Morgan fingerprint density at radius 3 is 2.35 bits per heavy atom. The van der Waals surface area contributed by atoms with E-state index in [1.54, 1.807) is 50.2 Å². The molecule has 0 saturated carbocycles. The number of carbonyl (C=O) groups excluding carboxylic acids is 2. The van der Waals surface area contributed by atoms with Crippen LogP contribution >= 0.6 is 11.6 Å². The fourth-order valence-electron chi connectivity index (χ4n) is 2.45. The molecule has 7 heteroatoms. The Kier molecular flexibility index (Phi) is 4.78. The fourth-order valence-corrected chi connectivity index (χ4v) is 2.58. The van der Waals surface area contributed by atoms with E-state index in [1.807, 2.05) is 0 Å². The van der Waals surface area contributed by atoms with Crippen LogP contribution in [-0.2, 0) is 4.79 Å². The van der Waals surface area contributed by atoms with E-state index in [2.05, 4.69) is 5.32 Å². The molecule has 1 aliphatic heterocycles. The van der Waals surface area contributed by atoms with Crippen molar-refractivity contribution in [2.75, 3.05) is 12.1 Å². The van der Waals surface area contributed by atoms with Crippen molar-refractivity contribution in [3.8, 4) is 17.2 Å². The molecule has 0 aliphatic carbocycles. The largest absolute Gasteiger partial charge is 0.478 e. The zero-order valence-electron chi connectivity index (χ0n) is 14.6. The summed E-state index contributed by atoms with van der Waals surface area (Å²) in [7, 11) is 0. The van der Waals surface area contributed by atoms with E-state index in [0.717, 1.165) is 0 Å². The average molecular weight is 376 g/mol. The number of Topliss-reactive ketones (excluding diaryl/α,β-unsaturated/α-hetero) is 1. The molecule has 0 spiro atoms. The van der Waals surface area contributed by atoms with Gasteiger partial charge in [0.1, 0.15) is 5.75 Å². The topological polar surface area (TPSA) is 73.9 Å². The van der Waals surface area contributed by atoms with Crippen molar-refractivity contribution in [2.45, 2.75) is 26.4 Å². The zero-order chi connectivity index (χ0) is 18.9. The van der Waals surface area contributed by atoms with E-state index in [9.17, 15) is 9.59 Å². The molecule has 0 saturated heterocycles. The first kappa shape index (κ1) is 18.1. The molecule has 0 atom stereocenters. The van der Waals surface area contributed by atoms with Gasteiger partial charge in [-0.15, -0.1) is 0 Å². The summed E-state index contributed by atoms with van der Waals surface area (Å²) >= 11 is 5.86. The number of amides is 1. The molecule has 2 aromatic carbocycles. The number of rotatable bonds is 5. The van der Waals surface area contributed by atoms with Gasteiger partial charge in [0.2, 0.25) is 6.79 Å². The molecule has 1 heterocycles. The molecular weight excluding hydrogens is 358 g/mol. The Hall–Kier alpha value is -2.73. The predicted octanol–water partition coefficient (Wildman–Crippen LogP) is 4.07. The Balaban J connectivity index is 1.82. The number of ether oxygens (including phenoxy) is 3. The van der Waals surface area contributed by atoms with E-state index in [-0.39, 0.29) is 12.6 Å². The standard InChI is InChI=1S/C19H18ClNO5/c1-11(22)14-8-16-17(25-10-24-16)9-15(14)21-18(23)19(2,3)26-13-6-4-12(20)5-7-13/h4-9H,10H2,1-3H3,(H,21,23). The first-order valence-corrected chi connectivity index (χ1v) is 8.35. The zero-order valence-corrected chi connectivity index (χ0v) is 15.3. The molecule has 0 radical (unpaired) electrons.